The zero-order chi connectivity index (χ0) is 13.8. The Morgan fingerprint density at radius 2 is 1.84 bits per heavy atom. The van der Waals surface area contributed by atoms with Crippen molar-refractivity contribution in [3.8, 4) is 5.75 Å². The van der Waals surface area contributed by atoms with Gasteiger partial charge in [-0.25, -0.2) is 4.39 Å². The van der Waals surface area contributed by atoms with Crippen LogP contribution in [0.2, 0.25) is 0 Å². The summed E-state index contributed by atoms with van der Waals surface area (Å²) >= 11 is 0. The van der Waals surface area contributed by atoms with Gasteiger partial charge in [-0.15, -0.1) is 0 Å². The Hall–Kier alpha value is -2.16. The minimum Gasteiger partial charge on any atom is -0.485 e. The Morgan fingerprint density at radius 3 is 2.53 bits per heavy atom. The first kappa shape index (κ1) is 13.3. The minimum atomic E-state index is -0.517. The van der Waals surface area contributed by atoms with Gasteiger partial charge in [-0.1, -0.05) is 18.2 Å². The molecule has 3 heteroatoms. The van der Waals surface area contributed by atoms with Crippen molar-refractivity contribution in [1.82, 2.24) is 0 Å². The summed E-state index contributed by atoms with van der Waals surface area (Å²) in [5, 5.41) is 0. The van der Waals surface area contributed by atoms with Crippen LogP contribution in [-0.2, 0) is 0 Å². The molecule has 0 aliphatic heterocycles. The second-order valence-corrected chi connectivity index (χ2v) is 4.44. The van der Waals surface area contributed by atoms with Gasteiger partial charge >= 0.3 is 0 Å². The fourth-order valence-electron chi connectivity index (χ4n) is 1.72. The smallest absolute Gasteiger partial charge is 0.203 e. The molecule has 98 valence electrons. The van der Waals surface area contributed by atoms with Crippen molar-refractivity contribution in [2.75, 3.05) is 6.61 Å². The minimum absolute atomic E-state index is 0.0614. The van der Waals surface area contributed by atoms with E-state index in [9.17, 15) is 9.18 Å². The highest BCUT2D eigenvalue weighted by Gasteiger charge is 2.11. The molecular weight excluding hydrogens is 243 g/mol. The Morgan fingerprint density at radius 1 is 1.11 bits per heavy atom. The summed E-state index contributed by atoms with van der Waals surface area (Å²) in [6, 6.07) is 11.5. The fraction of sp³-hybridized carbons (Fsp3) is 0.188. The van der Waals surface area contributed by atoms with E-state index in [1.165, 1.54) is 12.1 Å². The topological polar surface area (TPSA) is 26.3 Å². The number of carbonyl (C=O) groups is 1. The third kappa shape index (κ3) is 3.19. The van der Waals surface area contributed by atoms with Gasteiger partial charge in [0.25, 0.3) is 0 Å². The Kier molecular flexibility index (Phi) is 3.95. The van der Waals surface area contributed by atoms with Crippen molar-refractivity contribution >= 4 is 5.78 Å². The number of ether oxygens (including phenoxy) is 1. The molecule has 0 atom stereocenters. The number of carbonyl (C=O) groups excluding carboxylic acids is 1. The second kappa shape index (κ2) is 5.65. The van der Waals surface area contributed by atoms with Gasteiger partial charge in [0.2, 0.25) is 5.78 Å². The van der Waals surface area contributed by atoms with Crippen LogP contribution in [0, 0.1) is 19.7 Å². The van der Waals surface area contributed by atoms with E-state index in [1.54, 1.807) is 18.2 Å². The van der Waals surface area contributed by atoms with Crippen LogP contribution in [0.4, 0.5) is 4.39 Å². The number of aryl methyl sites for hydroxylation is 2. The van der Waals surface area contributed by atoms with Gasteiger partial charge in [0, 0.05) is 0 Å². The van der Waals surface area contributed by atoms with Gasteiger partial charge in [0.15, 0.2) is 6.61 Å². The number of Topliss-reactive ketones (excluding diaryl/α,β-unsaturated/α-hetero) is 1. The van der Waals surface area contributed by atoms with Crippen molar-refractivity contribution in [2.24, 2.45) is 0 Å². The van der Waals surface area contributed by atoms with Crippen LogP contribution in [0.25, 0.3) is 0 Å². The number of halogens is 1. The maximum Gasteiger partial charge on any atom is 0.203 e. The average molecular weight is 258 g/mol. The van der Waals surface area contributed by atoms with E-state index >= 15 is 0 Å². The molecule has 0 fully saturated rings. The van der Waals surface area contributed by atoms with E-state index in [0.29, 0.717) is 5.75 Å². The van der Waals surface area contributed by atoms with E-state index in [4.69, 9.17) is 4.74 Å². The quantitative estimate of drug-likeness (QED) is 0.781. The maximum absolute atomic E-state index is 13.4. The molecule has 0 spiro atoms. The summed E-state index contributed by atoms with van der Waals surface area (Å²) in [6.45, 7) is 3.81. The van der Waals surface area contributed by atoms with Crippen LogP contribution in [-0.4, -0.2) is 12.4 Å². The molecule has 0 aliphatic carbocycles. The Bertz CT molecular complexity index is 605. The summed E-state index contributed by atoms with van der Waals surface area (Å²) in [7, 11) is 0. The van der Waals surface area contributed by atoms with Crippen LogP contribution in [0.3, 0.4) is 0 Å². The van der Waals surface area contributed by atoms with Crippen LogP contribution >= 0.6 is 0 Å². The second-order valence-electron chi connectivity index (χ2n) is 4.44. The molecule has 2 aromatic carbocycles. The third-order valence-corrected chi connectivity index (χ3v) is 3.02. The first-order valence-corrected chi connectivity index (χ1v) is 6.05. The van der Waals surface area contributed by atoms with Crippen molar-refractivity contribution in [1.29, 1.82) is 0 Å². The zero-order valence-corrected chi connectivity index (χ0v) is 10.9. The molecular formula is C16H15FO2. The Balaban J connectivity index is 2.04. The standard InChI is InChI=1S/C16H15FO2/c1-11-7-8-13(9-12(11)2)19-10-16(18)14-5-3-4-6-15(14)17/h3-9H,10H2,1-2H3. The normalized spacial score (nSPS) is 10.3. The molecule has 0 bridgehead atoms. The maximum atomic E-state index is 13.4. The van der Waals surface area contributed by atoms with E-state index in [-0.39, 0.29) is 18.0 Å². The number of rotatable bonds is 4. The van der Waals surface area contributed by atoms with Gasteiger partial charge in [0.1, 0.15) is 11.6 Å². The summed E-state index contributed by atoms with van der Waals surface area (Å²) in [6.07, 6.45) is 0. The molecule has 0 unspecified atom stereocenters. The van der Waals surface area contributed by atoms with Gasteiger partial charge in [0.05, 0.1) is 5.56 Å². The third-order valence-electron chi connectivity index (χ3n) is 3.02. The molecule has 2 aromatic rings. The van der Waals surface area contributed by atoms with Crippen molar-refractivity contribution in [2.45, 2.75) is 13.8 Å². The average Bonchev–Trinajstić information content (AvgIpc) is 2.40. The molecule has 0 aliphatic rings. The lowest BCUT2D eigenvalue weighted by molar-refractivity contribution is 0.0917. The number of benzene rings is 2. The molecule has 19 heavy (non-hydrogen) atoms. The molecule has 0 N–H and O–H groups in total. The number of hydrogen-bond donors (Lipinski definition) is 0. The lowest BCUT2D eigenvalue weighted by Crippen LogP contribution is -2.13. The van der Waals surface area contributed by atoms with Gasteiger partial charge < -0.3 is 4.74 Å². The molecule has 0 radical (unpaired) electrons. The highest BCUT2D eigenvalue weighted by Crippen LogP contribution is 2.17. The van der Waals surface area contributed by atoms with Crippen molar-refractivity contribution in [3.05, 3.63) is 65.0 Å². The highest BCUT2D eigenvalue weighted by atomic mass is 19.1. The lowest BCUT2D eigenvalue weighted by Gasteiger charge is -2.08. The fourth-order valence-corrected chi connectivity index (χ4v) is 1.72. The van der Waals surface area contributed by atoms with E-state index in [2.05, 4.69) is 0 Å². The number of ketones is 1. The molecule has 2 nitrogen and oxygen atoms in total. The van der Waals surface area contributed by atoms with Gasteiger partial charge in [-0.05, 0) is 49.2 Å². The van der Waals surface area contributed by atoms with Crippen LogP contribution in [0.1, 0.15) is 21.5 Å². The first-order valence-electron chi connectivity index (χ1n) is 6.05. The zero-order valence-electron chi connectivity index (χ0n) is 10.9. The van der Waals surface area contributed by atoms with E-state index < -0.39 is 5.82 Å². The predicted octanol–water partition coefficient (Wildman–Crippen LogP) is 3.70. The molecule has 0 aromatic heterocycles. The molecule has 0 amide bonds. The molecule has 0 heterocycles. The van der Waals surface area contributed by atoms with Gasteiger partial charge in [-0.2, -0.15) is 0 Å². The Labute approximate surface area is 111 Å². The number of hydrogen-bond acceptors (Lipinski definition) is 2. The van der Waals surface area contributed by atoms with Crippen LogP contribution in [0.15, 0.2) is 42.5 Å². The lowest BCUT2D eigenvalue weighted by atomic mass is 10.1. The van der Waals surface area contributed by atoms with E-state index in [0.717, 1.165) is 11.1 Å². The van der Waals surface area contributed by atoms with E-state index in [1.807, 2.05) is 26.0 Å². The monoisotopic (exact) mass is 258 g/mol. The highest BCUT2D eigenvalue weighted by molar-refractivity contribution is 5.97. The summed E-state index contributed by atoms with van der Waals surface area (Å²) in [5.74, 6) is -0.264. The largest absolute Gasteiger partial charge is 0.485 e. The summed E-state index contributed by atoms with van der Waals surface area (Å²) < 4.78 is 18.8. The van der Waals surface area contributed by atoms with Crippen LogP contribution in [0.5, 0.6) is 5.75 Å². The molecule has 0 saturated carbocycles. The van der Waals surface area contributed by atoms with Crippen molar-refractivity contribution in [3.63, 3.8) is 0 Å². The predicted molar refractivity (Wildman–Crippen MR) is 72.1 cm³/mol. The van der Waals surface area contributed by atoms with Crippen molar-refractivity contribution < 1.29 is 13.9 Å². The van der Waals surface area contributed by atoms with Crippen LogP contribution < -0.4 is 4.74 Å². The molecule has 2 rings (SSSR count). The summed E-state index contributed by atoms with van der Waals surface area (Å²) in [4.78, 5) is 11.8. The van der Waals surface area contributed by atoms with Gasteiger partial charge in [-0.3, -0.25) is 4.79 Å². The molecule has 0 saturated heterocycles. The first-order chi connectivity index (χ1) is 9.08. The SMILES string of the molecule is Cc1ccc(OCC(=O)c2ccccc2F)cc1C. The summed E-state index contributed by atoms with van der Waals surface area (Å²) in [5.41, 5.74) is 2.31.